The van der Waals surface area contributed by atoms with Crippen LogP contribution in [0.4, 0.5) is 5.69 Å². The quantitative estimate of drug-likeness (QED) is 0.549. The summed E-state index contributed by atoms with van der Waals surface area (Å²) in [6.07, 6.45) is 0. The van der Waals surface area contributed by atoms with Gasteiger partial charge in [0.2, 0.25) is 11.1 Å². The molecule has 0 bridgehead atoms. The number of para-hydroxylation sites is 1. The summed E-state index contributed by atoms with van der Waals surface area (Å²) in [5.41, 5.74) is 0.719. The minimum absolute atomic E-state index is 0.129. The molecule has 0 atom stereocenters. The van der Waals surface area contributed by atoms with Crippen molar-refractivity contribution in [2.45, 2.75) is 18.7 Å². The zero-order chi connectivity index (χ0) is 18.9. The summed E-state index contributed by atoms with van der Waals surface area (Å²) in [5.74, 6) is 2.22. The number of carbonyl (C=O) groups is 1. The van der Waals surface area contributed by atoms with Gasteiger partial charge in [0.05, 0.1) is 12.4 Å². The van der Waals surface area contributed by atoms with Crippen molar-refractivity contribution in [3.05, 3.63) is 60.4 Å². The molecule has 1 aromatic heterocycles. The molecule has 0 aliphatic carbocycles. The average molecular weight is 384 g/mol. The lowest BCUT2D eigenvalue weighted by Gasteiger charge is -2.06. The van der Waals surface area contributed by atoms with E-state index in [1.165, 1.54) is 11.8 Å². The monoisotopic (exact) mass is 384 g/mol. The number of anilines is 1. The first-order valence-electron chi connectivity index (χ1n) is 8.47. The predicted molar refractivity (Wildman–Crippen MR) is 104 cm³/mol. The van der Waals surface area contributed by atoms with Gasteiger partial charge in [-0.2, -0.15) is 0 Å². The van der Waals surface area contributed by atoms with E-state index in [-0.39, 0.29) is 18.3 Å². The molecule has 1 amide bonds. The second-order valence-corrected chi connectivity index (χ2v) is 6.40. The molecule has 8 heteroatoms. The van der Waals surface area contributed by atoms with Crippen molar-refractivity contribution in [3.8, 4) is 11.5 Å². The van der Waals surface area contributed by atoms with Gasteiger partial charge in [0.1, 0.15) is 18.1 Å². The fourth-order valence-electron chi connectivity index (χ4n) is 2.20. The van der Waals surface area contributed by atoms with E-state index >= 15 is 0 Å². The van der Waals surface area contributed by atoms with Gasteiger partial charge in [0.25, 0.3) is 0 Å². The molecule has 0 aliphatic rings. The van der Waals surface area contributed by atoms with Gasteiger partial charge >= 0.3 is 0 Å². The van der Waals surface area contributed by atoms with Crippen molar-refractivity contribution < 1.29 is 14.3 Å². The van der Waals surface area contributed by atoms with Gasteiger partial charge in [0.15, 0.2) is 5.82 Å². The average Bonchev–Trinajstić information content (AvgIpc) is 3.15. The minimum atomic E-state index is -0.129. The first-order chi connectivity index (χ1) is 13.2. The van der Waals surface area contributed by atoms with Gasteiger partial charge in [-0.1, -0.05) is 30.0 Å². The zero-order valence-electron chi connectivity index (χ0n) is 14.8. The molecule has 2 N–H and O–H groups in total. The Kier molecular flexibility index (Phi) is 6.70. The number of aromatic amines is 1. The van der Waals surface area contributed by atoms with Crippen molar-refractivity contribution in [2.75, 3.05) is 17.7 Å². The Morgan fingerprint density at radius 1 is 1.07 bits per heavy atom. The van der Waals surface area contributed by atoms with Crippen molar-refractivity contribution in [1.29, 1.82) is 0 Å². The molecule has 0 fully saturated rings. The normalized spacial score (nSPS) is 10.4. The number of hydrogen-bond acceptors (Lipinski definition) is 6. The second-order valence-electron chi connectivity index (χ2n) is 5.46. The molecule has 140 valence electrons. The van der Waals surface area contributed by atoms with Crippen LogP contribution in [0.2, 0.25) is 0 Å². The van der Waals surface area contributed by atoms with E-state index in [4.69, 9.17) is 9.47 Å². The van der Waals surface area contributed by atoms with Crippen LogP contribution in [0.15, 0.2) is 59.8 Å². The molecular formula is C19H20N4O3S. The molecule has 27 heavy (non-hydrogen) atoms. The molecule has 0 radical (unpaired) electrons. The van der Waals surface area contributed by atoms with E-state index < -0.39 is 0 Å². The first-order valence-corrected chi connectivity index (χ1v) is 9.46. The number of benzene rings is 2. The summed E-state index contributed by atoms with van der Waals surface area (Å²) in [6.45, 7) is 2.82. The van der Waals surface area contributed by atoms with Crippen LogP contribution in [-0.4, -0.2) is 33.4 Å². The highest BCUT2D eigenvalue weighted by atomic mass is 32.2. The number of rotatable bonds is 9. The summed E-state index contributed by atoms with van der Waals surface area (Å²) >= 11 is 1.26. The molecule has 7 nitrogen and oxygen atoms in total. The smallest absolute Gasteiger partial charge is 0.234 e. The van der Waals surface area contributed by atoms with Crippen LogP contribution in [0, 0.1) is 0 Å². The van der Waals surface area contributed by atoms with Gasteiger partial charge in [-0.3, -0.25) is 9.89 Å². The second kappa shape index (κ2) is 9.63. The van der Waals surface area contributed by atoms with E-state index in [0.717, 1.165) is 17.2 Å². The molecule has 0 spiro atoms. The lowest BCUT2D eigenvalue weighted by molar-refractivity contribution is -0.113. The highest BCUT2D eigenvalue weighted by Gasteiger charge is 2.09. The molecule has 3 rings (SSSR count). The number of nitrogens with zero attached hydrogens (tertiary/aromatic N) is 2. The maximum absolute atomic E-state index is 12.1. The van der Waals surface area contributed by atoms with E-state index in [0.29, 0.717) is 17.6 Å². The molecule has 0 aliphatic heterocycles. The number of thioether (sulfide) groups is 1. The Morgan fingerprint density at radius 3 is 2.56 bits per heavy atom. The molecule has 3 aromatic rings. The van der Waals surface area contributed by atoms with Crippen LogP contribution in [0.3, 0.4) is 0 Å². The van der Waals surface area contributed by atoms with Crippen LogP contribution >= 0.6 is 11.8 Å². The summed E-state index contributed by atoms with van der Waals surface area (Å²) in [6, 6.07) is 16.7. The topological polar surface area (TPSA) is 89.1 Å². The van der Waals surface area contributed by atoms with Crippen LogP contribution in [0.1, 0.15) is 12.7 Å². The third-order valence-corrected chi connectivity index (χ3v) is 4.26. The first kappa shape index (κ1) is 18.8. The van der Waals surface area contributed by atoms with Crippen LogP contribution in [-0.2, 0) is 11.4 Å². The van der Waals surface area contributed by atoms with E-state index in [2.05, 4.69) is 20.5 Å². The molecule has 1 heterocycles. The Balaban J connectivity index is 1.43. The molecule has 0 unspecified atom stereocenters. The van der Waals surface area contributed by atoms with Gasteiger partial charge in [0, 0.05) is 5.69 Å². The van der Waals surface area contributed by atoms with Gasteiger partial charge < -0.3 is 14.8 Å². The minimum Gasteiger partial charge on any atom is -0.494 e. The molecule has 0 saturated carbocycles. The Labute approximate surface area is 161 Å². The maximum atomic E-state index is 12.1. The Bertz CT molecular complexity index is 853. The van der Waals surface area contributed by atoms with Crippen molar-refractivity contribution in [2.24, 2.45) is 0 Å². The fourth-order valence-corrected chi connectivity index (χ4v) is 2.82. The van der Waals surface area contributed by atoms with Crippen molar-refractivity contribution in [3.63, 3.8) is 0 Å². The number of nitrogens with one attached hydrogen (secondary N) is 2. The Morgan fingerprint density at radius 2 is 1.81 bits per heavy atom. The number of H-pyrrole nitrogens is 1. The van der Waals surface area contributed by atoms with Gasteiger partial charge in [-0.05, 0) is 43.3 Å². The third kappa shape index (κ3) is 6.03. The zero-order valence-corrected chi connectivity index (χ0v) is 15.7. The summed E-state index contributed by atoms with van der Waals surface area (Å²) in [7, 11) is 0. The van der Waals surface area contributed by atoms with Gasteiger partial charge in [-0.15, -0.1) is 5.10 Å². The maximum Gasteiger partial charge on any atom is 0.234 e. The predicted octanol–water partition coefficient (Wildman–Crippen LogP) is 3.51. The lowest BCUT2D eigenvalue weighted by atomic mass is 10.3. The number of amides is 1. The molecule has 2 aromatic carbocycles. The summed E-state index contributed by atoms with van der Waals surface area (Å²) < 4.78 is 11.0. The summed E-state index contributed by atoms with van der Waals surface area (Å²) in [4.78, 5) is 16.4. The number of hydrogen-bond donors (Lipinski definition) is 2. The van der Waals surface area contributed by atoms with E-state index in [9.17, 15) is 4.79 Å². The van der Waals surface area contributed by atoms with Crippen LogP contribution < -0.4 is 14.8 Å². The standard InChI is InChI=1S/C19H20N4O3S/c1-2-25-16-10-8-14(9-11-16)20-18(24)13-27-19-21-17(22-23-19)12-26-15-6-4-3-5-7-15/h3-11H,2,12-13H2,1H3,(H,20,24)(H,21,22,23). The molecular weight excluding hydrogens is 364 g/mol. The van der Waals surface area contributed by atoms with Crippen molar-refractivity contribution in [1.82, 2.24) is 15.2 Å². The number of carbonyl (C=O) groups excluding carboxylic acids is 1. The fraction of sp³-hybridized carbons (Fsp3) is 0.211. The van der Waals surface area contributed by atoms with Crippen LogP contribution in [0.25, 0.3) is 0 Å². The molecule has 0 saturated heterocycles. The number of ether oxygens (including phenoxy) is 2. The van der Waals surface area contributed by atoms with Gasteiger partial charge in [-0.25, -0.2) is 4.98 Å². The Hall–Kier alpha value is -3.00. The lowest BCUT2D eigenvalue weighted by Crippen LogP contribution is -2.14. The number of aromatic nitrogens is 3. The highest BCUT2D eigenvalue weighted by molar-refractivity contribution is 7.99. The van der Waals surface area contributed by atoms with E-state index in [1.807, 2.05) is 49.4 Å². The highest BCUT2D eigenvalue weighted by Crippen LogP contribution is 2.17. The van der Waals surface area contributed by atoms with E-state index in [1.54, 1.807) is 12.1 Å². The third-order valence-electron chi connectivity index (χ3n) is 3.41. The van der Waals surface area contributed by atoms with Crippen LogP contribution in [0.5, 0.6) is 11.5 Å². The summed E-state index contributed by atoms with van der Waals surface area (Å²) in [5, 5.41) is 10.2. The largest absolute Gasteiger partial charge is 0.494 e. The van der Waals surface area contributed by atoms with Crippen molar-refractivity contribution >= 4 is 23.4 Å². The SMILES string of the molecule is CCOc1ccc(NC(=O)CSc2n[nH]c(COc3ccccc3)n2)cc1.